The highest BCUT2D eigenvalue weighted by atomic mass is 19.4. The highest BCUT2D eigenvalue weighted by Crippen LogP contribution is 2.46. The third-order valence-electron chi connectivity index (χ3n) is 14.3. The zero-order valence-corrected chi connectivity index (χ0v) is 40.8. The average molecular weight is 1010 g/mol. The quantitative estimate of drug-likeness (QED) is 0.155. The van der Waals surface area contributed by atoms with E-state index in [4.69, 9.17) is 0 Å². The van der Waals surface area contributed by atoms with E-state index >= 15 is 13.2 Å². The van der Waals surface area contributed by atoms with Gasteiger partial charge in [-0.05, 0) is 147 Å². The summed E-state index contributed by atoms with van der Waals surface area (Å²) in [5.74, 6) is 0. The van der Waals surface area contributed by atoms with Gasteiger partial charge < -0.3 is 9.13 Å². The average Bonchev–Trinajstić information content (AvgIpc) is 4.18. The van der Waals surface area contributed by atoms with E-state index in [-0.39, 0.29) is 33.6 Å². The maximum Gasteiger partial charge on any atom is 0.417 e. The lowest BCUT2D eigenvalue weighted by molar-refractivity contribution is -0.137. The third kappa shape index (κ3) is 8.08. The number of halogens is 3. The van der Waals surface area contributed by atoms with Crippen LogP contribution in [-0.2, 0) is 6.18 Å². The van der Waals surface area contributed by atoms with Crippen molar-refractivity contribution in [2.75, 3.05) is 0 Å². The van der Waals surface area contributed by atoms with Gasteiger partial charge in [0.15, 0.2) is 0 Å². The minimum Gasteiger partial charge on any atom is -0.309 e. The molecule has 78 heavy (non-hydrogen) atoms. The summed E-state index contributed by atoms with van der Waals surface area (Å²) in [6, 6.07) is 71.7. The summed E-state index contributed by atoms with van der Waals surface area (Å²) in [5, 5.41) is 64.1. The highest BCUT2D eigenvalue weighted by Gasteiger charge is 2.36. The Morgan fingerprint density at radius 1 is 0.295 bits per heavy atom. The molecule has 12 rings (SSSR count). The van der Waals surface area contributed by atoms with Crippen molar-refractivity contribution in [3.8, 4) is 103 Å². The van der Waals surface area contributed by atoms with Gasteiger partial charge in [0.1, 0.15) is 6.07 Å². The molecule has 2 heterocycles. The largest absolute Gasteiger partial charge is 0.417 e. The Hall–Kier alpha value is -11.5. The summed E-state index contributed by atoms with van der Waals surface area (Å²) < 4.78 is 51.2. The second kappa shape index (κ2) is 18.8. The van der Waals surface area contributed by atoms with Crippen LogP contribution in [0, 0.1) is 68.0 Å². The predicted octanol–water partition coefficient (Wildman–Crippen LogP) is 16.5. The summed E-state index contributed by atoms with van der Waals surface area (Å²) >= 11 is 0. The monoisotopic (exact) mass is 1010 g/mol. The van der Waals surface area contributed by atoms with Crippen LogP contribution < -0.4 is 0 Å². The molecule has 2 aromatic heterocycles. The normalized spacial score (nSPS) is 11.2. The van der Waals surface area contributed by atoms with Crippen molar-refractivity contribution >= 4 is 43.6 Å². The zero-order valence-electron chi connectivity index (χ0n) is 40.8. The Kier molecular flexibility index (Phi) is 11.4. The van der Waals surface area contributed by atoms with Crippen LogP contribution in [0.4, 0.5) is 13.2 Å². The van der Waals surface area contributed by atoms with E-state index in [0.717, 1.165) is 72.1 Å². The molecule has 0 amide bonds. The molecular formula is C67H33F3N8. The van der Waals surface area contributed by atoms with Crippen molar-refractivity contribution in [2.45, 2.75) is 6.18 Å². The second-order valence-electron chi connectivity index (χ2n) is 18.7. The van der Waals surface area contributed by atoms with Crippen LogP contribution in [-0.4, -0.2) is 9.13 Å². The Morgan fingerprint density at radius 2 is 0.628 bits per heavy atom. The Balaban J connectivity index is 1.24. The first-order valence-electron chi connectivity index (χ1n) is 24.4. The number of hydrogen-bond donors (Lipinski definition) is 0. The zero-order chi connectivity index (χ0) is 53.8. The van der Waals surface area contributed by atoms with Crippen LogP contribution in [0.5, 0.6) is 0 Å². The van der Waals surface area contributed by atoms with E-state index in [2.05, 4.69) is 30.3 Å². The Morgan fingerprint density at radius 3 is 0.962 bits per heavy atom. The van der Waals surface area contributed by atoms with Gasteiger partial charge >= 0.3 is 6.18 Å². The summed E-state index contributed by atoms with van der Waals surface area (Å²) in [5.41, 5.74) is 9.17. The van der Waals surface area contributed by atoms with Crippen LogP contribution in [0.1, 0.15) is 38.9 Å². The standard InChI is InChI=1S/C67H33F3N8/c68-67(69,70)60-27-44(38-75)13-18-54(60)59-33-61(77-62-28-49(45-9-1-5-40(23-45)34-71)14-19-55(62)56-20-15-50(29-63(56)77)46-10-2-6-41(24-46)35-72)53(39-76)32-66(59)78-64-30-51(47-11-3-7-42(25-47)36-73)16-21-57(64)58-22-17-52(31-65(58)78)48-12-4-8-43(26-48)37-74/h1-33H. The van der Waals surface area contributed by atoms with Gasteiger partial charge in [-0.2, -0.15) is 44.7 Å². The first-order chi connectivity index (χ1) is 38.0. The highest BCUT2D eigenvalue weighted by molar-refractivity contribution is 6.13. The minimum absolute atomic E-state index is 0.0825. The lowest BCUT2D eigenvalue weighted by Gasteiger charge is -2.21. The van der Waals surface area contributed by atoms with Gasteiger partial charge in [0.2, 0.25) is 0 Å². The summed E-state index contributed by atoms with van der Waals surface area (Å²) in [6.07, 6.45) is -4.96. The van der Waals surface area contributed by atoms with Crippen molar-refractivity contribution in [1.29, 1.82) is 31.6 Å². The summed E-state index contributed by atoms with van der Waals surface area (Å²) in [6.45, 7) is 0. The second-order valence-corrected chi connectivity index (χ2v) is 18.7. The molecule has 0 saturated carbocycles. The SMILES string of the molecule is N#Cc1cccc(-c2ccc3c4ccc(-c5cccc(C#N)c5)cc4n(-c4cc(-c5ccc(C#N)cc5C(F)(F)F)c(-n5c6cc(-c7cccc(C#N)c7)ccc6c6ccc(-c7cccc(C#N)c7)cc65)cc4C#N)c3c2)c1. The number of alkyl halides is 3. The van der Waals surface area contributed by atoms with E-state index in [1.165, 1.54) is 12.1 Å². The van der Waals surface area contributed by atoms with Crippen LogP contribution in [0.3, 0.4) is 0 Å². The van der Waals surface area contributed by atoms with E-state index in [1.54, 1.807) is 84.9 Å². The van der Waals surface area contributed by atoms with Crippen molar-refractivity contribution in [2.24, 2.45) is 0 Å². The van der Waals surface area contributed by atoms with Crippen molar-refractivity contribution in [3.05, 3.63) is 239 Å². The summed E-state index contributed by atoms with van der Waals surface area (Å²) in [7, 11) is 0. The molecule has 0 bridgehead atoms. The molecular weight excluding hydrogens is 974 g/mol. The third-order valence-corrected chi connectivity index (χ3v) is 14.3. The molecule has 0 aliphatic carbocycles. The molecule has 12 aromatic rings. The van der Waals surface area contributed by atoms with Crippen molar-refractivity contribution in [1.82, 2.24) is 9.13 Å². The lowest BCUT2D eigenvalue weighted by atomic mass is 9.93. The molecule has 0 unspecified atom stereocenters. The molecule has 0 fully saturated rings. The molecule has 0 radical (unpaired) electrons. The van der Waals surface area contributed by atoms with Crippen LogP contribution in [0.2, 0.25) is 0 Å². The fraction of sp³-hybridized carbons (Fsp3) is 0.0149. The van der Waals surface area contributed by atoms with Crippen LogP contribution in [0.15, 0.2) is 200 Å². The van der Waals surface area contributed by atoms with Crippen LogP contribution >= 0.6 is 0 Å². The van der Waals surface area contributed by atoms with E-state index in [1.807, 2.05) is 112 Å². The number of nitriles is 6. The van der Waals surface area contributed by atoms with Crippen molar-refractivity contribution < 1.29 is 13.2 Å². The van der Waals surface area contributed by atoms with E-state index < -0.39 is 11.7 Å². The number of aromatic nitrogens is 2. The molecule has 0 spiro atoms. The molecule has 0 saturated heterocycles. The van der Waals surface area contributed by atoms with Gasteiger partial charge in [0.25, 0.3) is 0 Å². The van der Waals surface area contributed by atoms with Gasteiger partial charge in [-0.25, -0.2) is 0 Å². The number of benzene rings is 10. The minimum atomic E-state index is -4.96. The molecule has 0 N–H and O–H groups in total. The van der Waals surface area contributed by atoms with Gasteiger partial charge in [-0.1, -0.05) is 103 Å². The van der Waals surface area contributed by atoms with E-state index in [9.17, 15) is 31.6 Å². The van der Waals surface area contributed by atoms with Gasteiger partial charge in [0.05, 0.1) is 103 Å². The number of fused-ring (bicyclic) bond motifs is 6. The topological polar surface area (TPSA) is 153 Å². The number of rotatable bonds is 7. The fourth-order valence-electron chi connectivity index (χ4n) is 10.7. The molecule has 0 atom stereocenters. The van der Waals surface area contributed by atoms with Crippen LogP contribution in [0.25, 0.3) is 111 Å². The number of hydrogen-bond acceptors (Lipinski definition) is 6. The smallest absolute Gasteiger partial charge is 0.309 e. The fourth-order valence-corrected chi connectivity index (χ4v) is 10.7. The van der Waals surface area contributed by atoms with E-state index in [0.29, 0.717) is 44.3 Å². The molecule has 0 aliphatic heterocycles. The molecule has 0 aliphatic rings. The molecule has 11 heteroatoms. The van der Waals surface area contributed by atoms with Crippen molar-refractivity contribution in [3.63, 3.8) is 0 Å². The molecule has 362 valence electrons. The maximum atomic E-state index is 15.8. The van der Waals surface area contributed by atoms with Gasteiger partial charge in [-0.15, -0.1) is 0 Å². The maximum absolute atomic E-state index is 15.8. The van der Waals surface area contributed by atoms with Gasteiger partial charge in [0, 0.05) is 27.1 Å². The number of nitrogens with zero attached hydrogens (tertiary/aromatic N) is 8. The first-order valence-corrected chi connectivity index (χ1v) is 24.4. The lowest BCUT2D eigenvalue weighted by Crippen LogP contribution is -2.10. The Bertz CT molecular complexity index is 4590. The first kappa shape index (κ1) is 47.5. The predicted molar refractivity (Wildman–Crippen MR) is 296 cm³/mol. The molecule has 8 nitrogen and oxygen atoms in total. The van der Waals surface area contributed by atoms with Gasteiger partial charge in [-0.3, -0.25) is 0 Å². The molecule has 10 aromatic carbocycles. The Labute approximate surface area is 444 Å². The summed E-state index contributed by atoms with van der Waals surface area (Å²) in [4.78, 5) is 0.